The highest BCUT2D eigenvalue weighted by Crippen LogP contribution is 2.12. The van der Waals surface area contributed by atoms with Crippen molar-refractivity contribution < 1.29 is 15.3 Å². The van der Waals surface area contributed by atoms with Crippen molar-refractivity contribution in [2.24, 2.45) is 0 Å². The lowest BCUT2D eigenvalue weighted by Gasteiger charge is -2.03. The highest BCUT2D eigenvalue weighted by molar-refractivity contribution is 5.25. The van der Waals surface area contributed by atoms with Gasteiger partial charge < -0.3 is 15.3 Å². The molecule has 0 amide bonds. The first-order valence-corrected chi connectivity index (χ1v) is 4.82. The van der Waals surface area contributed by atoms with Crippen LogP contribution in [0.4, 0.5) is 0 Å². The smallest absolute Gasteiger partial charge is 0.151 e. The summed E-state index contributed by atoms with van der Waals surface area (Å²) in [5.74, 6) is 0.277. The molecule has 0 aliphatic heterocycles. The standard InChI is InChI=1S/C11H16O3/c12-10-7-5-9(6-8-10)3-1-2-4-11(13)14/h5-8,11-14H,1-4H2. The van der Waals surface area contributed by atoms with Crippen LogP contribution in [0.5, 0.6) is 5.75 Å². The summed E-state index contributed by atoms with van der Waals surface area (Å²) < 4.78 is 0. The molecule has 0 aliphatic carbocycles. The van der Waals surface area contributed by atoms with Gasteiger partial charge in [0.15, 0.2) is 6.29 Å². The minimum atomic E-state index is -1.19. The Morgan fingerprint density at radius 3 is 2.21 bits per heavy atom. The molecule has 0 saturated heterocycles. The molecule has 1 aromatic carbocycles. The molecule has 0 aromatic heterocycles. The predicted molar refractivity (Wildman–Crippen MR) is 53.9 cm³/mol. The number of benzene rings is 1. The minimum absolute atomic E-state index is 0.277. The SMILES string of the molecule is Oc1ccc(CCCCC(O)O)cc1. The van der Waals surface area contributed by atoms with Crippen LogP contribution in [0.2, 0.25) is 0 Å². The molecule has 1 aromatic rings. The van der Waals surface area contributed by atoms with Crippen LogP contribution in [0.3, 0.4) is 0 Å². The van der Waals surface area contributed by atoms with Crippen molar-refractivity contribution in [3.8, 4) is 5.75 Å². The van der Waals surface area contributed by atoms with Gasteiger partial charge in [0.05, 0.1) is 0 Å². The fourth-order valence-corrected chi connectivity index (χ4v) is 1.32. The van der Waals surface area contributed by atoms with E-state index in [0.29, 0.717) is 6.42 Å². The third kappa shape index (κ3) is 4.25. The molecule has 0 bridgehead atoms. The largest absolute Gasteiger partial charge is 0.508 e. The number of aliphatic hydroxyl groups excluding tert-OH is 1. The van der Waals surface area contributed by atoms with Crippen molar-refractivity contribution in [2.45, 2.75) is 32.0 Å². The molecule has 3 heteroatoms. The van der Waals surface area contributed by atoms with Crippen LogP contribution < -0.4 is 0 Å². The average Bonchev–Trinajstić information content (AvgIpc) is 2.15. The van der Waals surface area contributed by atoms with Gasteiger partial charge in [-0.3, -0.25) is 0 Å². The second kappa shape index (κ2) is 5.62. The van der Waals surface area contributed by atoms with E-state index in [1.54, 1.807) is 12.1 Å². The van der Waals surface area contributed by atoms with Crippen LogP contribution in [-0.2, 0) is 6.42 Å². The first kappa shape index (κ1) is 11.0. The molecule has 3 nitrogen and oxygen atoms in total. The summed E-state index contributed by atoms with van der Waals surface area (Å²) in [5.41, 5.74) is 1.16. The van der Waals surface area contributed by atoms with Gasteiger partial charge in [0.2, 0.25) is 0 Å². The number of aliphatic hydroxyl groups is 2. The molecular formula is C11H16O3. The van der Waals surface area contributed by atoms with E-state index in [4.69, 9.17) is 15.3 Å². The van der Waals surface area contributed by atoms with Gasteiger partial charge in [-0.1, -0.05) is 12.1 Å². The zero-order chi connectivity index (χ0) is 10.4. The summed E-state index contributed by atoms with van der Waals surface area (Å²) in [5, 5.41) is 26.3. The van der Waals surface area contributed by atoms with Gasteiger partial charge in [0.25, 0.3) is 0 Å². The number of hydrogen-bond donors (Lipinski definition) is 3. The molecule has 0 saturated carbocycles. The molecule has 0 heterocycles. The fraction of sp³-hybridized carbons (Fsp3) is 0.455. The van der Waals surface area contributed by atoms with E-state index in [0.717, 1.165) is 24.8 Å². The predicted octanol–water partition coefficient (Wildman–Crippen LogP) is 1.42. The molecule has 0 atom stereocenters. The van der Waals surface area contributed by atoms with Crippen LogP contribution >= 0.6 is 0 Å². The van der Waals surface area contributed by atoms with Gasteiger partial charge in [-0.05, 0) is 43.4 Å². The van der Waals surface area contributed by atoms with Gasteiger partial charge in [0.1, 0.15) is 5.75 Å². The van der Waals surface area contributed by atoms with E-state index in [9.17, 15) is 0 Å². The Hall–Kier alpha value is -1.06. The second-order valence-corrected chi connectivity index (χ2v) is 3.39. The maximum atomic E-state index is 9.03. The van der Waals surface area contributed by atoms with E-state index >= 15 is 0 Å². The van der Waals surface area contributed by atoms with E-state index in [1.807, 2.05) is 12.1 Å². The normalized spacial score (nSPS) is 10.8. The lowest BCUT2D eigenvalue weighted by Crippen LogP contribution is -2.03. The maximum absolute atomic E-state index is 9.03. The van der Waals surface area contributed by atoms with Gasteiger partial charge in [-0.2, -0.15) is 0 Å². The molecule has 0 spiro atoms. The topological polar surface area (TPSA) is 60.7 Å². The average molecular weight is 196 g/mol. The zero-order valence-corrected chi connectivity index (χ0v) is 8.06. The van der Waals surface area contributed by atoms with Gasteiger partial charge in [-0.15, -0.1) is 0 Å². The first-order valence-electron chi connectivity index (χ1n) is 4.82. The summed E-state index contributed by atoms with van der Waals surface area (Å²) in [4.78, 5) is 0. The summed E-state index contributed by atoms with van der Waals surface area (Å²) in [6, 6.07) is 7.09. The molecule has 3 N–H and O–H groups in total. The van der Waals surface area contributed by atoms with Crippen molar-refractivity contribution in [1.29, 1.82) is 0 Å². The quantitative estimate of drug-likeness (QED) is 0.493. The van der Waals surface area contributed by atoms with Crippen LogP contribution in [0.15, 0.2) is 24.3 Å². The van der Waals surface area contributed by atoms with Crippen molar-refractivity contribution in [2.75, 3.05) is 0 Å². The Kier molecular flexibility index (Phi) is 4.43. The third-order valence-corrected chi connectivity index (χ3v) is 2.11. The molecule has 14 heavy (non-hydrogen) atoms. The number of hydrogen-bond acceptors (Lipinski definition) is 3. The second-order valence-electron chi connectivity index (χ2n) is 3.39. The highest BCUT2D eigenvalue weighted by Gasteiger charge is 1.98. The van der Waals surface area contributed by atoms with Gasteiger partial charge >= 0.3 is 0 Å². The Bertz CT molecular complexity index is 254. The lowest BCUT2D eigenvalue weighted by atomic mass is 10.1. The monoisotopic (exact) mass is 196 g/mol. The number of phenolic OH excluding ortho intramolecular Hbond substituents is 1. The molecule has 0 unspecified atom stereocenters. The minimum Gasteiger partial charge on any atom is -0.508 e. The van der Waals surface area contributed by atoms with Gasteiger partial charge in [-0.25, -0.2) is 0 Å². The number of phenols is 1. The van der Waals surface area contributed by atoms with Crippen LogP contribution in [0.1, 0.15) is 24.8 Å². The summed E-state index contributed by atoms with van der Waals surface area (Å²) in [6.07, 6.45) is 1.89. The number of unbranched alkanes of at least 4 members (excludes halogenated alkanes) is 1. The molecular weight excluding hydrogens is 180 g/mol. The molecule has 0 radical (unpaired) electrons. The summed E-state index contributed by atoms with van der Waals surface area (Å²) in [6.45, 7) is 0. The number of aryl methyl sites for hydroxylation is 1. The summed E-state index contributed by atoms with van der Waals surface area (Å²) in [7, 11) is 0. The zero-order valence-electron chi connectivity index (χ0n) is 8.06. The number of aromatic hydroxyl groups is 1. The molecule has 0 fully saturated rings. The maximum Gasteiger partial charge on any atom is 0.151 e. The van der Waals surface area contributed by atoms with Crippen LogP contribution in [-0.4, -0.2) is 21.6 Å². The van der Waals surface area contributed by atoms with E-state index in [-0.39, 0.29) is 5.75 Å². The molecule has 1 rings (SSSR count). The Morgan fingerprint density at radius 1 is 1.00 bits per heavy atom. The van der Waals surface area contributed by atoms with Crippen molar-refractivity contribution in [1.82, 2.24) is 0 Å². The molecule has 0 aliphatic rings. The van der Waals surface area contributed by atoms with Crippen LogP contribution in [0, 0.1) is 0 Å². The number of rotatable bonds is 5. The lowest BCUT2D eigenvalue weighted by molar-refractivity contribution is -0.0465. The third-order valence-electron chi connectivity index (χ3n) is 2.11. The first-order chi connectivity index (χ1) is 6.68. The van der Waals surface area contributed by atoms with E-state index < -0.39 is 6.29 Å². The Morgan fingerprint density at radius 2 is 1.64 bits per heavy atom. The van der Waals surface area contributed by atoms with Gasteiger partial charge in [0, 0.05) is 0 Å². The van der Waals surface area contributed by atoms with Crippen molar-refractivity contribution in [3.05, 3.63) is 29.8 Å². The van der Waals surface area contributed by atoms with Crippen molar-refractivity contribution >= 4 is 0 Å². The fourth-order valence-electron chi connectivity index (χ4n) is 1.32. The highest BCUT2D eigenvalue weighted by atomic mass is 16.5. The molecule has 78 valence electrons. The van der Waals surface area contributed by atoms with Crippen molar-refractivity contribution in [3.63, 3.8) is 0 Å². The Labute approximate surface area is 83.6 Å². The van der Waals surface area contributed by atoms with E-state index in [2.05, 4.69) is 0 Å². The van der Waals surface area contributed by atoms with E-state index in [1.165, 1.54) is 0 Å². The Balaban J connectivity index is 2.21. The summed E-state index contributed by atoms with van der Waals surface area (Å²) >= 11 is 0. The van der Waals surface area contributed by atoms with Crippen LogP contribution in [0.25, 0.3) is 0 Å².